The van der Waals surface area contributed by atoms with Gasteiger partial charge in [0.25, 0.3) is 10.0 Å². The zero-order valence-corrected chi connectivity index (χ0v) is 14.0. The van der Waals surface area contributed by atoms with Crippen LogP contribution in [0.1, 0.15) is 32.2 Å². The number of aliphatic hydroxyl groups excluding tert-OH is 1. The minimum Gasteiger partial charge on any atom is -0.390 e. The Balaban J connectivity index is 2.27. The van der Waals surface area contributed by atoms with Crippen molar-refractivity contribution in [3.63, 3.8) is 0 Å². The maximum Gasteiger partial charge on any atom is 0.265 e. The maximum atomic E-state index is 12.3. The topological polar surface area (TPSA) is 84.2 Å². The lowest BCUT2D eigenvalue weighted by atomic mass is 9.93. The van der Waals surface area contributed by atoms with Crippen molar-refractivity contribution < 1.29 is 13.5 Å². The van der Waals surface area contributed by atoms with Gasteiger partial charge in [-0.25, -0.2) is 13.4 Å². The smallest absolute Gasteiger partial charge is 0.265 e. The largest absolute Gasteiger partial charge is 0.390 e. The van der Waals surface area contributed by atoms with E-state index in [1.165, 1.54) is 23.6 Å². The van der Waals surface area contributed by atoms with Crippen molar-refractivity contribution in [2.45, 2.75) is 37.7 Å². The van der Waals surface area contributed by atoms with Gasteiger partial charge in [0.2, 0.25) is 0 Å². The van der Waals surface area contributed by atoms with Crippen LogP contribution in [0.4, 0.5) is 5.13 Å². The monoisotopic (exact) mass is 329 g/mol. The van der Waals surface area contributed by atoms with Gasteiger partial charge >= 0.3 is 0 Å². The molecule has 2 N–H and O–H groups in total. The summed E-state index contributed by atoms with van der Waals surface area (Å²) in [5.41, 5.74) is 1.25. The van der Waals surface area contributed by atoms with Crippen LogP contribution in [0.5, 0.6) is 0 Å². The molecule has 0 atom stereocenters. The molecule has 0 saturated carbocycles. The molecular weight excluding hydrogens is 310 g/mol. The summed E-state index contributed by atoms with van der Waals surface area (Å²) < 4.78 is 28.7. The number of aliphatic hydroxyl groups is 1. The second-order valence-corrected chi connectivity index (χ2v) is 8.37. The van der Waals surface area contributed by atoms with Crippen molar-refractivity contribution in [1.29, 1.82) is 0 Å². The fraction of sp³-hybridized carbons (Fsp3) is 0.462. The summed E-state index contributed by atoms with van der Waals surface area (Å²) in [6.45, 7) is 5.85. The Kier molecular flexibility index (Phi) is 4.14. The van der Waals surface area contributed by atoms with E-state index in [-0.39, 0.29) is 16.9 Å². The summed E-state index contributed by atoms with van der Waals surface area (Å²) in [5, 5.41) is 11.3. The molecule has 0 aliphatic rings. The van der Waals surface area contributed by atoms with Crippen LogP contribution in [0.25, 0.3) is 0 Å². The van der Waals surface area contributed by atoms with Crippen LogP contribution in [0.15, 0.2) is 22.5 Å². The van der Waals surface area contributed by atoms with Crippen molar-refractivity contribution >= 4 is 26.5 Å². The second kappa shape index (κ2) is 5.43. The molecule has 0 aliphatic heterocycles. The van der Waals surface area contributed by atoms with E-state index in [1.807, 2.05) is 26.2 Å². The highest BCUT2D eigenvalue weighted by Gasteiger charge is 2.22. The highest BCUT2D eigenvalue weighted by molar-refractivity contribution is 7.93. The van der Waals surface area contributed by atoms with Crippen LogP contribution in [0.2, 0.25) is 0 Å². The summed E-state index contributed by atoms with van der Waals surface area (Å²) >= 11 is 1.26. The molecule has 0 fully saturated rings. The standard InChI is InChI=1S/C13H19N3O3S2/c1-13(2,3)11-8-20-12(14-11)15-21(18,19)10-5-9(7-17)16(4)6-10/h5-6,8,17H,7H2,1-4H3,(H,14,15). The molecule has 8 heteroatoms. The van der Waals surface area contributed by atoms with E-state index in [0.29, 0.717) is 10.8 Å². The number of hydrogen-bond acceptors (Lipinski definition) is 5. The van der Waals surface area contributed by atoms with Gasteiger partial charge in [0.1, 0.15) is 4.90 Å². The van der Waals surface area contributed by atoms with Gasteiger partial charge in [0, 0.05) is 29.7 Å². The van der Waals surface area contributed by atoms with Crippen LogP contribution < -0.4 is 4.72 Å². The summed E-state index contributed by atoms with van der Waals surface area (Å²) in [7, 11) is -2.01. The first-order chi connectivity index (χ1) is 9.63. The Morgan fingerprint density at radius 1 is 1.43 bits per heavy atom. The molecule has 2 heterocycles. The second-order valence-electron chi connectivity index (χ2n) is 5.83. The average molecular weight is 329 g/mol. The van der Waals surface area contributed by atoms with E-state index in [2.05, 4.69) is 9.71 Å². The SMILES string of the molecule is Cn1cc(S(=O)(=O)Nc2nc(C(C)(C)C)cs2)cc1CO. The Hall–Kier alpha value is -1.38. The van der Waals surface area contributed by atoms with Gasteiger partial charge in [-0.2, -0.15) is 0 Å². The molecular formula is C13H19N3O3S2. The number of nitrogens with one attached hydrogen (secondary N) is 1. The van der Waals surface area contributed by atoms with Crippen molar-refractivity contribution in [1.82, 2.24) is 9.55 Å². The van der Waals surface area contributed by atoms with Gasteiger partial charge in [-0.15, -0.1) is 11.3 Å². The van der Waals surface area contributed by atoms with Crippen LogP contribution in [-0.2, 0) is 29.1 Å². The van der Waals surface area contributed by atoms with E-state index in [1.54, 1.807) is 11.6 Å². The molecule has 0 bridgehead atoms. The van der Waals surface area contributed by atoms with Crippen LogP contribution in [-0.4, -0.2) is 23.1 Å². The summed E-state index contributed by atoms with van der Waals surface area (Å²) in [5.74, 6) is 0. The molecule has 0 aromatic carbocycles. The molecule has 0 aliphatic carbocycles. The minimum absolute atomic E-state index is 0.113. The van der Waals surface area contributed by atoms with Gasteiger partial charge in [0.05, 0.1) is 12.3 Å². The lowest BCUT2D eigenvalue weighted by Crippen LogP contribution is -2.14. The van der Waals surface area contributed by atoms with Gasteiger partial charge in [-0.1, -0.05) is 20.8 Å². The summed E-state index contributed by atoms with van der Waals surface area (Å²) in [4.78, 5) is 4.43. The van der Waals surface area contributed by atoms with Gasteiger partial charge < -0.3 is 9.67 Å². The molecule has 0 spiro atoms. The molecule has 2 aromatic heterocycles. The number of anilines is 1. The van der Waals surface area contributed by atoms with Gasteiger partial charge in [-0.05, 0) is 6.07 Å². The van der Waals surface area contributed by atoms with Crippen LogP contribution >= 0.6 is 11.3 Å². The number of nitrogens with zero attached hydrogens (tertiary/aromatic N) is 2. The third-order valence-corrected chi connectivity index (χ3v) is 5.24. The number of thiazole rings is 1. The van der Waals surface area contributed by atoms with Crippen LogP contribution in [0.3, 0.4) is 0 Å². The normalized spacial score (nSPS) is 12.6. The third-order valence-electron chi connectivity index (χ3n) is 3.05. The zero-order valence-electron chi connectivity index (χ0n) is 12.4. The average Bonchev–Trinajstić information content (AvgIpc) is 2.94. The predicted molar refractivity (Wildman–Crippen MR) is 83.0 cm³/mol. The molecule has 0 unspecified atom stereocenters. The fourth-order valence-electron chi connectivity index (χ4n) is 1.72. The first-order valence-electron chi connectivity index (χ1n) is 6.38. The molecule has 0 amide bonds. The lowest BCUT2D eigenvalue weighted by molar-refractivity contribution is 0.272. The summed E-state index contributed by atoms with van der Waals surface area (Å²) in [6, 6.07) is 1.45. The number of hydrogen-bond donors (Lipinski definition) is 2. The fourth-order valence-corrected chi connectivity index (χ4v) is 4.00. The van der Waals surface area contributed by atoms with Crippen LogP contribution in [0, 0.1) is 0 Å². The molecule has 116 valence electrons. The van der Waals surface area contributed by atoms with Crippen molar-refractivity contribution in [2.75, 3.05) is 4.72 Å². The number of rotatable bonds is 4. The molecule has 6 nitrogen and oxygen atoms in total. The number of aromatic nitrogens is 2. The van der Waals surface area contributed by atoms with E-state index in [9.17, 15) is 8.42 Å². The molecule has 2 aromatic rings. The Morgan fingerprint density at radius 2 is 2.10 bits per heavy atom. The predicted octanol–water partition coefficient (Wildman–Crippen LogP) is 2.07. The zero-order chi connectivity index (χ0) is 15.8. The number of aryl methyl sites for hydroxylation is 1. The quantitative estimate of drug-likeness (QED) is 0.899. The molecule has 2 rings (SSSR count). The maximum absolute atomic E-state index is 12.3. The first kappa shape index (κ1) is 16.0. The Labute approximate surface area is 128 Å². The molecule has 0 radical (unpaired) electrons. The lowest BCUT2D eigenvalue weighted by Gasteiger charge is -2.14. The first-order valence-corrected chi connectivity index (χ1v) is 8.74. The number of sulfonamides is 1. The van der Waals surface area contributed by atoms with Crippen molar-refractivity contribution in [3.8, 4) is 0 Å². The third kappa shape index (κ3) is 3.45. The minimum atomic E-state index is -3.69. The van der Waals surface area contributed by atoms with E-state index < -0.39 is 10.0 Å². The van der Waals surface area contributed by atoms with Gasteiger partial charge in [0.15, 0.2) is 5.13 Å². The van der Waals surface area contributed by atoms with Crippen molar-refractivity contribution in [2.24, 2.45) is 7.05 Å². The molecule has 0 saturated heterocycles. The Morgan fingerprint density at radius 3 is 2.57 bits per heavy atom. The van der Waals surface area contributed by atoms with E-state index in [4.69, 9.17) is 5.11 Å². The van der Waals surface area contributed by atoms with Crippen molar-refractivity contribution in [3.05, 3.63) is 29.0 Å². The highest BCUT2D eigenvalue weighted by Crippen LogP contribution is 2.28. The van der Waals surface area contributed by atoms with Gasteiger partial charge in [-0.3, -0.25) is 4.72 Å². The van der Waals surface area contributed by atoms with E-state index >= 15 is 0 Å². The molecule has 21 heavy (non-hydrogen) atoms. The Bertz CT molecular complexity index is 739. The van der Waals surface area contributed by atoms with E-state index in [0.717, 1.165) is 5.69 Å². The highest BCUT2D eigenvalue weighted by atomic mass is 32.2. The summed E-state index contributed by atoms with van der Waals surface area (Å²) in [6.07, 6.45) is 1.46.